The number of carbonyl (C=O) groups is 2. The van der Waals surface area contributed by atoms with Crippen molar-refractivity contribution in [3.8, 4) is 5.75 Å². The van der Waals surface area contributed by atoms with Crippen LogP contribution in [0.5, 0.6) is 5.75 Å². The van der Waals surface area contributed by atoms with E-state index in [0.29, 0.717) is 17.0 Å². The van der Waals surface area contributed by atoms with Crippen molar-refractivity contribution in [2.24, 2.45) is 5.73 Å². The molecule has 0 aliphatic heterocycles. The Morgan fingerprint density at radius 3 is 2.32 bits per heavy atom. The average molecular weight is 298 g/mol. The summed E-state index contributed by atoms with van der Waals surface area (Å²) in [5.74, 6) is 0.0518. The van der Waals surface area contributed by atoms with Crippen LogP contribution in [-0.4, -0.2) is 18.9 Å². The number of nitrogens with two attached hydrogens (primary N) is 1. The monoisotopic (exact) mass is 298 g/mol. The number of methoxy groups -OCH3 is 1. The number of ether oxygens (including phenoxy) is 1. The molecule has 22 heavy (non-hydrogen) atoms. The zero-order valence-electron chi connectivity index (χ0n) is 12.3. The standard InChI is InChI=1S/C17H18N2O3/c1-22-15-9-5-3-7-13(15)11-17(21)19-14-8-4-2-6-12(14)10-16(18)20/h2-9H,10-11H2,1H3,(H2,18,20)(H,19,21). The fourth-order valence-electron chi connectivity index (χ4n) is 2.20. The van der Waals surface area contributed by atoms with Gasteiger partial charge in [-0.05, 0) is 17.7 Å². The minimum Gasteiger partial charge on any atom is -0.496 e. The largest absolute Gasteiger partial charge is 0.496 e. The van der Waals surface area contributed by atoms with Gasteiger partial charge in [-0.3, -0.25) is 9.59 Å². The maximum atomic E-state index is 12.2. The summed E-state index contributed by atoms with van der Waals surface area (Å²) in [6.45, 7) is 0. The summed E-state index contributed by atoms with van der Waals surface area (Å²) in [5, 5.41) is 2.81. The lowest BCUT2D eigenvalue weighted by atomic mass is 10.1. The van der Waals surface area contributed by atoms with Crippen LogP contribution in [0.15, 0.2) is 48.5 Å². The minimum absolute atomic E-state index is 0.0884. The lowest BCUT2D eigenvalue weighted by molar-refractivity contribution is -0.117. The molecule has 5 heteroatoms. The van der Waals surface area contributed by atoms with E-state index >= 15 is 0 Å². The van der Waals surface area contributed by atoms with Crippen molar-refractivity contribution >= 4 is 17.5 Å². The number of hydrogen-bond acceptors (Lipinski definition) is 3. The number of anilines is 1. The number of nitrogens with one attached hydrogen (secondary N) is 1. The van der Waals surface area contributed by atoms with Gasteiger partial charge in [-0.2, -0.15) is 0 Å². The number of hydrogen-bond donors (Lipinski definition) is 2. The van der Waals surface area contributed by atoms with Crippen LogP contribution in [0.3, 0.4) is 0 Å². The Labute approximate surface area is 129 Å². The van der Waals surface area contributed by atoms with Gasteiger partial charge < -0.3 is 15.8 Å². The molecule has 0 saturated carbocycles. The summed E-state index contributed by atoms with van der Waals surface area (Å²) in [6.07, 6.45) is 0.278. The molecule has 0 spiro atoms. The third kappa shape index (κ3) is 4.09. The third-order valence-corrected chi connectivity index (χ3v) is 3.20. The average Bonchev–Trinajstić information content (AvgIpc) is 2.49. The van der Waals surface area contributed by atoms with Gasteiger partial charge in [0.25, 0.3) is 0 Å². The van der Waals surface area contributed by atoms with Gasteiger partial charge in [-0.15, -0.1) is 0 Å². The first-order valence-electron chi connectivity index (χ1n) is 6.88. The summed E-state index contributed by atoms with van der Waals surface area (Å²) in [5.41, 5.74) is 7.31. The molecule has 2 aromatic carbocycles. The first-order chi connectivity index (χ1) is 10.6. The summed E-state index contributed by atoms with van der Waals surface area (Å²) in [6, 6.07) is 14.5. The molecule has 2 rings (SSSR count). The molecule has 0 bridgehead atoms. The van der Waals surface area contributed by atoms with Gasteiger partial charge in [0.2, 0.25) is 11.8 Å². The summed E-state index contributed by atoms with van der Waals surface area (Å²) < 4.78 is 5.23. The molecule has 0 aromatic heterocycles. The normalized spacial score (nSPS) is 10.0. The van der Waals surface area contributed by atoms with E-state index in [9.17, 15) is 9.59 Å². The molecule has 0 atom stereocenters. The van der Waals surface area contributed by atoms with Gasteiger partial charge in [-0.25, -0.2) is 0 Å². The topological polar surface area (TPSA) is 81.4 Å². The van der Waals surface area contributed by atoms with Crippen molar-refractivity contribution in [2.45, 2.75) is 12.8 Å². The van der Waals surface area contributed by atoms with E-state index < -0.39 is 5.91 Å². The summed E-state index contributed by atoms with van der Waals surface area (Å²) in [7, 11) is 1.57. The Kier molecular flexibility index (Phi) is 5.14. The molecule has 3 N–H and O–H groups in total. The highest BCUT2D eigenvalue weighted by Crippen LogP contribution is 2.20. The number of para-hydroxylation sites is 2. The van der Waals surface area contributed by atoms with Crippen LogP contribution in [0.4, 0.5) is 5.69 Å². The van der Waals surface area contributed by atoms with Crippen LogP contribution in [0.2, 0.25) is 0 Å². The van der Waals surface area contributed by atoms with E-state index in [-0.39, 0.29) is 18.7 Å². The highest BCUT2D eigenvalue weighted by atomic mass is 16.5. The summed E-state index contributed by atoms with van der Waals surface area (Å²) in [4.78, 5) is 23.3. The van der Waals surface area contributed by atoms with Gasteiger partial charge in [-0.1, -0.05) is 36.4 Å². The van der Waals surface area contributed by atoms with E-state index in [1.807, 2.05) is 24.3 Å². The van der Waals surface area contributed by atoms with Crippen molar-refractivity contribution in [1.82, 2.24) is 0 Å². The molecule has 2 aromatic rings. The molecular formula is C17H18N2O3. The maximum absolute atomic E-state index is 12.2. The number of amides is 2. The predicted molar refractivity (Wildman–Crippen MR) is 84.7 cm³/mol. The van der Waals surface area contributed by atoms with Crippen molar-refractivity contribution in [3.05, 3.63) is 59.7 Å². The lowest BCUT2D eigenvalue weighted by Gasteiger charge is -2.11. The number of benzene rings is 2. The Bertz CT molecular complexity index is 683. The van der Waals surface area contributed by atoms with Crippen molar-refractivity contribution < 1.29 is 14.3 Å². The quantitative estimate of drug-likeness (QED) is 0.854. The van der Waals surface area contributed by atoms with Crippen molar-refractivity contribution in [1.29, 1.82) is 0 Å². The molecule has 0 saturated heterocycles. The number of carbonyl (C=O) groups excluding carboxylic acids is 2. The molecule has 0 fully saturated rings. The minimum atomic E-state index is -0.438. The van der Waals surface area contributed by atoms with Crippen LogP contribution in [0, 0.1) is 0 Å². The molecule has 0 radical (unpaired) electrons. The molecule has 2 amide bonds. The predicted octanol–water partition coefficient (Wildman–Crippen LogP) is 1.90. The Balaban J connectivity index is 2.11. The smallest absolute Gasteiger partial charge is 0.228 e. The van der Waals surface area contributed by atoms with Crippen LogP contribution in [0.1, 0.15) is 11.1 Å². The molecule has 5 nitrogen and oxygen atoms in total. The first kappa shape index (κ1) is 15.6. The molecular weight excluding hydrogens is 280 g/mol. The summed E-state index contributed by atoms with van der Waals surface area (Å²) >= 11 is 0. The SMILES string of the molecule is COc1ccccc1CC(=O)Nc1ccccc1CC(N)=O. The van der Waals surface area contributed by atoms with E-state index in [1.54, 1.807) is 31.4 Å². The van der Waals surface area contributed by atoms with Gasteiger partial charge in [0.05, 0.1) is 20.0 Å². The molecule has 114 valence electrons. The first-order valence-corrected chi connectivity index (χ1v) is 6.88. The highest BCUT2D eigenvalue weighted by Gasteiger charge is 2.11. The Morgan fingerprint density at radius 1 is 1.00 bits per heavy atom. The molecule has 0 unspecified atom stereocenters. The molecule has 0 aliphatic carbocycles. The van der Waals surface area contributed by atoms with Crippen LogP contribution < -0.4 is 15.8 Å². The van der Waals surface area contributed by atoms with Gasteiger partial charge in [0.15, 0.2) is 0 Å². The molecule has 0 heterocycles. The zero-order chi connectivity index (χ0) is 15.9. The number of rotatable bonds is 6. The van der Waals surface area contributed by atoms with Crippen molar-refractivity contribution in [3.63, 3.8) is 0 Å². The second kappa shape index (κ2) is 7.26. The van der Waals surface area contributed by atoms with E-state index in [4.69, 9.17) is 10.5 Å². The highest BCUT2D eigenvalue weighted by molar-refractivity contribution is 5.94. The fourth-order valence-corrected chi connectivity index (χ4v) is 2.20. The Hall–Kier alpha value is -2.82. The van der Waals surface area contributed by atoms with Gasteiger partial charge >= 0.3 is 0 Å². The zero-order valence-corrected chi connectivity index (χ0v) is 12.3. The van der Waals surface area contributed by atoms with Crippen LogP contribution in [0.25, 0.3) is 0 Å². The van der Waals surface area contributed by atoms with Crippen LogP contribution >= 0.6 is 0 Å². The number of primary amides is 1. The lowest BCUT2D eigenvalue weighted by Crippen LogP contribution is -2.19. The maximum Gasteiger partial charge on any atom is 0.228 e. The van der Waals surface area contributed by atoms with Crippen LogP contribution in [-0.2, 0) is 22.4 Å². The van der Waals surface area contributed by atoms with Gasteiger partial charge in [0, 0.05) is 11.3 Å². The van der Waals surface area contributed by atoms with Gasteiger partial charge in [0.1, 0.15) is 5.75 Å². The van der Waals surface area contributed by atoms with E-state index in [0.717, 1.165) is 5.56 Å². The van der Waals surface area contributed by atoms with E-state index in [2.05, 4.69) is 5.32 Å². The van der Waals surface area contributed by atoms with Crippen molar-refractivity contribution in [2.75, 3.05) is 12.4 Å². The second-order valence-electron chi connectivity index (χ2n) is 4.84. The third-order valence-electron chi connectivity index (χ3n) is 3.20. The fraction of sp³-hybridized carbons (Fsp3) is 0.176. The molecule has 0 aliphatic rings. The van der Waals surface area contributed by atoms with E-state index in [1.165, 1.54) is 0 Å². The Morgan fingerprint density at radius 2 is 1.64 bits per heavy atom. The second-order valence-corrected chi connectivity index (χ2v) is 4.84.